The van der Waals surface area contributed by atoms with Gasteiger partial charge in [-0.1, -0.05) is 108 Å². The second kappa shape index (κ2) is 46.8. The molecule has 790 valence electrons. The summed E-state index contributed by atoms with van der Waals surface area (Å²) < 4.78 is 97.7. The first kappa shape index (κ1) is 106. The maximum absolute atomic E-state index is 14.4. The highest BCUT2D eigenvalue weighted by Crippen LogP contribution is 2.53. The zero-order chi connectivity index (χ0) is 104. The van der Waals surface area contributed by atoms with Crippen molar-refractivity contribution in [3.63, 3.8) is 0 Å². The number of methoxy groups -OCH3 is 3. The van der Waals surface area contributed by atoms with Gasteiger partial charge in [-0.3, -0.25) is 38.4 Å². The minimum atomic E-state index is -3.16. The largest absolute Gasteiger partial charge is 0.490 e. The molecule has 3 fully saturated rings. The number of allylic oxidation sites excluding steroid dienone is 3. The van der Waals surface area contributed by atoms with Crippen LogP contribution in [0, 0.1) is 56.3 Å². The number of aryl methyl sites for hydroxylation is 10. The highest BCUT2D eigenvalue weighted by Gasteiger charge is 2.50. The molecule has 6 aliphatic carbocycles. The molecule has 0 unspecified atom stereocenters. The molecule has 12 aliphatic rings. The van der Waals surface area contributed by atoms with Gasteiger partial charge < -0.3 is 47.7 Å². The molecule has 15 atom stereocenters. The van der Waals surface area contributed by atoms with Crippen molar-refractivity contribution in [1.82, 2.24) is 29.3 Å². The summed E-state index contributed by atoms with van der Waals surface area (Å²) >= 11 is 0. The molecular formula is C119H146N12O15S3. The third kappa shape index (κ3) is 24.7. The van der Waals surface area contributed by atoms with E-state index in [4.69, 9.17) is 28.4 Å². The van der Waals surface area contributed by atoms with E-state index in [-0.39, 0.29) is 106 Å². The first-order valence-electron chi connectivity index (χ1n) is 54.1. The number of carbonyl (C=O) groups is 6. The van der Waals surface area contributed by atoms with Gasteiger partial charge in [0, 0.05) is 175 Å². The predicted octanol–water partition coefficient (Wildman–Crippen LogP) is 19.2. The number of nitrogens with zero attached hydrogens (tertiary/aromatic N) is 12. The van der Waals surface area contributed by atoms with E-state index < -0.39 is 46.9 Å². The number of fused-ring (bicyclic) bond motifs is 12. The number of pyridine rings is 1. The number of carbonyl (C=O) groups excluding carboxylic acids is 6. The number of ether oxygens (including phenoxy) is 6. The molecule has 0 saturated heterocycles. The number of ketones is 3. The maximum atomic E-state index is 14.4. The Balaban J connectivity index is 0.000000140. The Morgan fingerprint density at radius 2 is 0.812 bits per heavy atom. The third-order valence-corrected chi connectivity index (χ3v) is 40.4. The zero-order valence-electron chi connectivity index (χ0n) is 87.6. The van der Waals surface area contributed by atoms with Gasteiger partial charge >= 0.3 is 0 Å². The molecule has 3 aromatic heterocycles. The SMILES string of the molecule is CO[C@H]1/C=C/CCC[S@@](=O)(CC(=O)CCc2ccncc2)=NC(=O)c2ccc3c(c2)N(C[C@@H]2CC[C@H]21)C[C@@]1(CCCc2cc(C)ccc21)CO3.CO[C@H]1/C=C/CCC[S@@](=O)(CC(=O)CCc2nccn2C)=NC(=O)c2ccc3c(c2)N(C[C@@H]2CC[C@H]21)C[C@@]1(CCCc2cc(C)ccc21)CO3.CO[C@H]1/C=C/CCC[S@@](=O)(CC(=O)CCn2cncn2)=NC(=O)c2ccc3c(c2)N(C[C@@H]2CC[C@H]21)C[C@@]1(CCCc2cc(C)ccc21)CO3. The van der Waals surface area contributed by atoms with Gasteiger partial charge in [0.25, 0.3) is 17.7 Å². The molecule has 6 aliphatic heterocycles. The van der Waals surface area contributed by atoms with E-state index in [1.54, 1.807) is 69.1 Å². The second-order valence-electron chi connectivity index (χ2n) is 44.1. The molecular weight excluding hydrogens is 1930 g/mol. The molecule has 6 aromatic carbocycles. The molecule has 3 spiro atoms. The van der Waals surface area contributed by atoms with E-state index in [0.717, 1.165) is 181 Å². The van der Waals surface area contributed by atoms with Crippen LogP contribution in [-0.2, 0) is 120 Å². The first-order chi connectivity index (χ1) is 72.1. The monoisotopic (exact) mass is 2080 g/mol. The number of rotatable bonds is 18. The topological polar surface area (TPSA) is 317 Å². The van der Waals surface area contributed by atoms with Crippen molar-refractivity contribution in [1.29, 1.82) is 0 Å². The van der Waals surface area contributed by atoms with Gasteiger partial charge in [-0.15, -0.1) is 0 Å². The Hall–Kier alpha value is -11.4. The van der Waals surface area contributed by atoms with Crippen molar-refractivity contribution in [2.45, 2.75) is 229 Å². The summed E-state index contributed by atoms with van der Waals surface area (Å²) in [4.78, 5) is 101. The lowest BCUT2D eigenvalue weighted by Crippen LogP contribution is -2.49. The zero-order valence-corrected chi connectivity index (χ0v) is 90.0. The molecule has 0 N–H and O–H groups in total. The van der Waals surface area contributed by atoms with Gasteiger partial charge in [-0.25, -0.2) is 22.6 Å². The van der Waals surface area contributed by atoms with E-state index >= 15 is 0 Å². The molecule has 9 heterocycles. The van der Waals surface area contributed by atoms with Gasteiger partial charge in [0.1, 0.15) is 53.1 Å². The lowest BCUT2D eigenvalue weighted by molar-refractivity contribution is -0.117. The molecule has 30 heteroatoms. The minimum absolute atomic E-state index is 0.00610. The molecule has 6 bridgehead atoms. The lowest BCUT2D eigenvalue weighted by atomic mass is 9.68. The van der Waals surface area contributed by atoms with Crippen molar-refractivity contribution in [2.75, 3.05) is 130 Å². The Kier molecular flexibility index (Phi) is 33.3. The van der Waals surface area contributed by atoms with Crippen LogP contribution in [0.5, 0.6) is 17.2 Å². The van der Waals surface area contributed by atoms with Crippen molar-refractivity contribution in [3.8, 4) is 17.2 Å². The van der Waals surface area contributed by atoms with Gasteiger partial charge in [-0.2, -0.15) is 18.2 Å². The molecule has 9 aromatic rings. The smallest absolute Gasteiger partial charge is 0.285 e. The van der Waals surface area contributed by atoms with Crippen LogP contribution in [0.3, 0.4) is 0 Å². The quantitative estimate of drug-likeness (QED) is 0.0720. The average Bonchev–Trinajstić information content (AvgIpc) is 1.67. The summed E-state index contributed by atoms with van der Waals surface area (Å²) in [5, 5.41) is 4.05. The van der Waals surface area contributed by atoms with Crippen LogP contribution < -0.4 is 28.9 Å². The number of anilines is 3. The van der Waals surface area contributed by atoms with Gasteiger partial charge in [-0.05, 0) is 303 Å². The predicted molar refractivity (Wildman–Crippen MR) is 584 cm³/mol. The van der Waals surface area contributed by atoms with E-state index in [2.05, 4.69) is 160 Å². The number of amides is 3. The van der Waals surface area contributed by atoms with Crippen LogP contribution in [0.25, 0.3) is 0 Å². The number of hydrogen-bond acceptors (Lipinski definition) is 22. The lowest BCUT2D eigenvalue weighted by Gasteiger charge is -2.46. The van der Waals surface area contributed by atoms with Gasteiger partial charge in [0.05, 0.1) is 102 Å². The van der Waals surface area contributed by atoms with Gasteiger partial charge in [0.2, 0.25) is 0 Å². The van der Waals surface area contributed by atoms with Crippen LogP contribution in [0.15, 0.2) is 208 Å². The number of imidazole rings is 1. The summed E-state index contributed by atoms with van der Waals surface area (Å²) in [6, 6.07) is 40.8. The maximum Gasteiger partial charge on any atom is 0.285 e. The molecule has 27 nitrogen and oxygen atoms in total. The van der Waals surface area contributed by atoms with E-state index in [9.17, 15) is 41.4 Å². The summed E-state index contributed by atoms with van der Waals surface area (Å²) in [6.45, 7) is 13.3. The Morgan fingerprint density at radius 1 is 0.436 bits per heavy atom. The number of Topliss-reactive ketones (excluding diaryl/α,β-unsaturated/α-hetero) is 3. The highest BCUT2D eigenvalue weighted by atomic mass is 32.2. The number of benzene rings is 6. The summed E-state index contributed by atoms with van der Waals surface area (Å²) in [6.07, 6.45) is 44.1. The van der Waals surface area contributed by atoms with E-state index in [1.807, 2.05) is 66.3 Å². The van der Waals surface area contributed by atoms with Gasteiger partial charge in [0.15, 0.2) is 0 Å². The van der Waals surface area contributed by atoms with Crippen molar-refractivity contribution < 1.29 is 69.8 Å². The number of aromatic nitrogens is 6. The van der Waals surface area contributed by atoms with E-state index in [1.165, 1.54) is 56.4 Å². The Labute approximate surface area is 879 Å². The standard InChI is InChI=1S/C41H49N3O5S.C40H50N4O5S.C38H47N5O5S/c1-29-9-15-36-31(23-29)7-6-19-41(36)27-44-25-33-11-14-35(33)38(48-2)8-4-3-5-22-50(47,26-34(45)13-10-30-17-20-42-21-18-30)43-40(46)32-12-16-39(49-28-41)37(44)24-32;1-28-10-15-34-29(22-28)8-7-18-40(34)26-44-24-31-11-14-33(31)36(48-3)9-5-4-6-21-50(47,25-32(45)13-17-38-41-19-20-43(38)2)42-39(46)30-12-16-37(49-27-40)35(44)23-30;1-27-9-13-33-28(19-27)7-6-16-38(33)23-42-21-30-10-12-32(30)35(47-2)8-4-3-5-18-49(46,22-31(44)15-17-43-26-39-25-40-43)41-37(45)29-11-14-36(48-24-38)34(42)20-29/h4,8-9,12,15-18,20-21,23-24,33,35,38H,3,5-7,10-11,13-14,19,22,25-28H2,1-2H3;5,9-10,12,15-16,19-20,22-23,31,33,36H,4,6-8,11,13-14,17-18,21,24-27H2,1-3H3;4,8-9,11,13-14,19-20,25-26,30,32,35H,3,5-7,10,12,15-18,21-24H2,1-2H3/b8-4+;9-5+;8-4+/t33-,35+,38-,41-,50+;31-,33+,36-,40-,50+;30-,32+,35-,38-,49+/m000/s1. The number of hydrogen-bond donors (Lipinski definition) is 0. The molecule has 3 saturated carbocycles. The summed E-state index contributed by atoms with van der Waals surface area (Å²) in [5.41, 5.74) is 16.3. The van der Waals surface area contributed by atoms with Crippen molar-refractivity contribution in [2.24, 2.45) is 55.6 Å². The summed E-state index contributed by atoms with van der Waals surface area (Å²) in [5.74, 6) is 3.03. The van der Waals surface area contributed by atoms with Crippen LogP contribution in [-0.4, -0.2) is 210 Å². The van der Waals surface area contributed by atoms with Crippen molar-refractivity contribution in [3.05, 3.63) is 273 Å². The fourth-order valence-electron chi connectivity index (χ4n) is 25.3. The highest BCUT2D eigenvalue weighted by molar-refractivity contribution is 7.95. The van der Waals surface area contributed by atoms with Crippen LogP contribution in [0.4, 0.5) is 17.1 Å². The fraction of sp³-hybridized carbons (Fsp3) is 0.513. The third-order valence-electron chi connectivity index (χ3n) is 33.8. The average molecular weight is 2080 g/mol. The summed E-state index contributed by atoms with van der Waals surface area (Å²) in [7, 11) is -2.22. The van der Waals surface area contributed by atoms with Crippen LogP contribution in [0.2, 0.25) is 0 Å². The normalized spacial score (nSPS) is 28.8. The molecule has 149 heavy (non-hydrogen) atoms. The molecule has 21 rings (SSSR count). The van der Waals surface area contributed by atoms with Crippen LogP contribution >= 0.6 is 0 Å². The van der Waals surface area contributed by atoms with Crippen molar-refractivity contribution >= 4 is 81.3 Å². The molecule has 3 amide bonds. The minimum Gasteiger partial charge on any atom is -0.490 e. The van der Waals surface area contributed by atoms with E-state index in [0.29, 0.717) is 130 Å². The molecule has 0 radical (unpaired) electrons. The second-order valence-corrected chi connectivity index (χ2v) is 51.4. The van der Waals surface area contributed by atoms with Crippen LogP contribution in [0.1, 0.15) is 227 Å². The fourth-order valence-corrected chi connectivity index (χ4v) is 31.3. The first-order valence-corrected chi connectivity index (χ1v) is 59.7. The Bertz CT molecular complexity index is 6930. The Morgan fingerprint density at radius 3 is 1.15 bits per heavy atom.